The Morgan fingerprint density at radius 1 is 0.690 bits per heavy atom. The molecule has 0 atom stereocenters. The first kappa shape index (κ1) is 25.7. The van der Waals surface area contributed by atoms with E-state index in [9.17, 15) is 2.74 Å². The minimum atomic E-state index is -3.61. The summed E-state index contributed by atoms with van der Waals surface area (Å²) < 4.78 is 130. The summed E-state index contributed by atoms with van der Waals surface area (Å²) in [5, 5.41) is 1.75. The molecule has 58 heavy (non-hydrogen) atoms. The number of benzene rings is 6. The molecule has 0 spiro atoms. The first-order chi connectivity index (χ1) is 33.1. The Hall–Kier alpha value is -5.64. The molecule has 0 saturated carbocycles. The number of anilines is 4. The van der Waals surface area contributed by atoms with Crippen LogP contribution in [0.4, 0.5) is 22.7 Å². The van der Waals surface area contributed by atoms with Crippen LogP contribution in [0.2, 0.25) is 0 Å². The van der Waals surface area contributed by atoms with Gasteiger partial charge in [0.15, 0.2) is 0 Å². The maximum Gasteiger partial charge on any atom is 0.135 e. The van der Waals surface area contributed by atoms with Crippen LogP contribution in [0.25, 0.3) is 38.8 Å². The zero-order valence-corrected chi connectivity index (χ0v) is 34.1. The first-order valence-corrected chi connectivity index (χ1v) is 18.5. The summed E-state index contributed by atoms with van der Waals surface area (Å²) in [6.07, 6.45) is 1.76. The second-order valence-electron chi connectivity index (χ2n) is 15.0. The molecule has 0 fully saturated rings. The number of rotatable bonds is 8. The standard InChI is InChI=1S/C52H47N4O.Pt/c1-34(2)42-19-15-20-43(35(3)4)51(42)36-28-39(55-33-54(38-16-9-8-10-17-38)47-22-13-14-23-48(47)55)31-41(29-36)57-40-24-25-45-44-18-11-12-21-46(44)56(49(45)32-40)50-30-37(26-27-53-50)52(5,6)7;/h8-30,33-35H,1-7H3;/q-3;/i1D3,2D3,3D3,4D3,34D,35D;. The molecule has 9 rings (SSSR count). The average molecular weight is 953 g/mol. The van der Waals surface area contributed by atoms with E-state index in [4.69, 9.17) is 26.2 Å². The summed E-state index contributed by atoms with van der Waals surface area (Å²) in [5.41, 5.74) is 2.44. The van der Waals surface area contributed by atoms with Crippen LogP contribution in [0.15, 0.2) is 140 Å². The van der Waals surface area contributed by atoms with Crippen LogP contribution in [-0.2, 0) is 26.5 Å². The third kappa shape index (κ3) is 7.11. The maximum atomic E-state index is 9.46. The van der Waals surface area contributed by atoms with Crippen LogP contribution in [0.3, 0.4) is 0 Å². The monoisotopic (exact) mass is 952 g/mol. The van der Waals surface area contributed by atoms with E-state index >= 15 is 0 Å². The van der Waals surface area contributed by atoms with E-state index in [0.29, 0.717) is 17.0 Å². The van der Waals surface area contributed by atoms with Crippen LogP contribution in [0.1, 0.15) is 95.8 Å². The van der Waals surface area contributed by atoms with E-state index in [2.05, 4.69) is 32.9 Å². The van der Waals surface area contributed by atoms with E-state index in [-0.39, 0.29) is 49.2 Å². The molecule has 8 aromatic rings. The van der Waals surface area contributed by atoms with Crippen molar-refractivity contribution in [2.75, 3.05) is 9.80 Å². The van der Waals surface area contributed by atoms with Crippen molar-refractivity contribution in [1.82, 2.24) is 9.55 Å². The van der Waals surface area contributed by atoms with Crippen molar-refractivity contribution < 1.29 is 45.0 Å². The normalized spacial score (nSPS) is 17.6. The van der Waals surface area contributed by atoms with Gasteiger partial charge in [-0.1, -0.05) is 120 Å². The predicted molar refractivity (Wildman–Crippen MR) is 237 cm³/mol. The summed E-state index contributed by atoms with van der Waals surface area (Å²) in [5.74, 6) is -6.26. The molecule has 0 radical (unpaired) electrons. The van der Waals surface area contributed by atoms with Gasteiger partial charge in [0.1, 0.15) is 5.82 Å². The van der Waals surface area contributed by atoms with Gasteiger partial charge in [-0.3, -0.25) is 0 Å². The largest absolute Gasteiger partial charge is 0.509 e. The Morgan fingerprint density at radius 2 is 1.38 bits per heavy atom. The van der Waals surface area contributed by atoms with Crippen molar-refractivity contribution in [1.29, 1.82) is 0 Å². The van der Waals surface area contributed by atoms with Gasteiger partial charge in [-0.15, -0.1) is 53.6 Å². The number of ether oxygens (including phenoxy) is 1. The van der Waals surface area contributed by atoms with E-state index in [1.165, 1.54) is 12.1 Å². The Bertz CT molecular complexity index is 3240. The van der Waals surface area contributed by atoms with Crippen molar-refractivity contribution in [3.63, 3.8) is 0 Å². The third-order valence-corrected chi connectivity index (χ3v) is 10.3. The van der Waals surface area contributed by atoms with E-state index < -0.39 is 55.9 Å². The van der Waals surface area contributed by atoms with Gasteiger partial charge in [-0.2, -0.15) is 6.07 Å². The topological polar surface area (TPSA) is 33.5 Å². The summed E-state index contributed by atoms with van der Waals surface area (Å²) in [4.78, 5) is 8.42. The van der Waals surface area contributed by atoms with Gasteiger partial charge in [-0.25, -0.2) is 4.98 Å². The van der Waals surface area contributed by atoms with Crippen LogP contribution in [0.5, 0.6) is 11.5 Å². The van der Waals surface area contributed by atoms with Crippen molar-refractivity contribution in [2.24, 2.45) is 0 Å². The van der Waals surface area contributed by atoms with Crippen LogP contribution < -0.4 is 14.5 Å². The molecule has 1 aliphatic rings. The van der Waals surface area contributed by atoms with Gasteiger partial charge in [0.05, 0.1) is 0 Å². The fourth-order valence-corrected chi connectivity index (χ4v) is 7.53. The molecule has 3 heterocycles. The molecule has 5 nitrogen and oxygen atoms in total. The third-order valence-electron chi connectivity index (χ3n) is 10.3. The molecule has 294 valence electrons. The van der Waals surface area contributed by atoms with Crippen molar-refractivity contribution in [3.05, 3.63) is 175 Å². The second-order valence-corrected chi connectivity index (χ2v) is 15.0. The zero-order chi connectivity index (χ0) is 51.3. The van der Waals surface area contributed by atoms with E-state index in [0.717, 1.165) is 51.4 Å². The molecular formula is C52H47N4OPt-3. The molecule has 0 bridgehead atoms. The fourth-order valence-electron chi connectivity index (χ4n) is 7.53. The second kappa shape index (κ2) is 15.6. The minimum absolute atomic E-state index is 0. The van der Waals surface area contributed by atoms with Crippen LogP contribution in [-0.4, -0.2) is 9.55 Å². The summed E-state index contributed by atoms with van der Waals surface area (Å²) in [7, 11) is 0. The number of aromatic nitrogens is 2. The number of hydrogen-bond acceptors (Lipinski definition) is 4. The number of para-hydroxylation sites is 4. The van der Waals surface area contributed by atoms with Crippen molar-refractivity contribution in [3.8, 4) is 28.4 Å². The number of pyridine rings is 1. The van der Waals surface area contributed by atoms with Gasteiger partial charge in [0.25, 0.3) is 0 Å². The molecular weight excluding hydrogens is 892 g/mol. The minimum Gasteiger partial charge on any atom is -0.509 e. The summed E-state index contributed by atoms with van der Waals surface area (Å²) in [6, 6.07) is 45.0. The van der Waals surface area contributed by atoms with Gasteiger partial charge in [0, 0.05) is 80.5 Å². The van der Waals surface area contributed by atoms with E-state index in [1.807, 2.05) is 107 Å². The Kier molecular flexibility index (Phi) is 6.90. The maximum absolute atomic E-state index is 9.46. The summed E-state index contributed by atoms with van der Waals surface area (Å²) >= 11 is 0. The van der Waals surface area contributed by atoms with Crippen molar-refractivity contribution in [2.45, 2.75) is 65.4 Å². The molecule has 0 N–H and O–H groups in total. The fraction of sp³-hybridized carbons (Fsp3) is 0.192. The van der Waals surface area contributed by atoms with Gasteiger partial charge in [-0.05, 0) is 87.3 Å². The SMILES string of the molecule is [2H]C([2H])([2H])C([2H])(c1cccc(C([2H])(C([2H])([2H])[2H])C([2H])([2H])[2H])c1-c1cc(Oc2[c-]c3c(cc2)c2ccccc2n3-c2cc(C(C)(C)C)ccn2)[c-]c(N2[CH-]N(c3ccccc3)c3ccccc32)c1)C([2H])([2H])[2H].[Pt]. The molecule has 0 unspecified atom stereocenters. The van der Waals surface area contributed by atoms with E-state index in [1.54, 1.807) is 23.8 Å². The molecule has 2 aromatic heterocycles. The molecule has 0 saturated heterocycles. The smallest absolute Gasteiger partial charge is 0.135 e. The number of fused-ring (bicyclic) bond motifs is 4. The van der Waals surface area contributed by atoms with Gasteiger partial charge >= 0.3 is 0 Å². The number of hydrogen-bond donors (Lipinski definition) is 0. The Balaban J connectivity index is 0.00000693. The molecule has 6 aromatic carbocycles. The van der Waals surface area contributed by atoms with Gasteiger partial charge in [0.2, 0.25) is 0 Å². The quantitative estimate of drug-likeness (QED) is 0.142. The predicted octanol–water partition coefficient (Wildman–Crippen LogP) is 14.2. The van der Waals surface area contributed by atoms with Gasteiger partial charge < -0.3 is 19.1 Å². The van der Waals surface area contributed by atoms with Crippen molar-refractivity contribution >= 4 is 44.6 Å². The summed E-state index contributed by atoms with van der Waals surface area (Å²) in [6.45, 7) is -6.34. The Labute approximate surface area is 376 Å². The average Bonchev–Trinajstić information content (AvgIpc) is 3.85. The molecule has 0 amide bonds. The molecule has 0 aliphatic carbocycles. The number of nitrogens with zero attached hydrogens (tertiary/aromatic N) is 4. The van der Waals surface area contributed by atoms with Crippen LogP contribution >= 0.6 is 0 Å². The molecule has 6 heteroatoms. The Morgan fingerprint density at radius 3 is 2.10 bits per heavy atom. The van der Waals surface area contributed by atoms with Crippen LogP contribution in [0, 0.1) is 18.8 Å². The zero-order valence-electron chi connectivity index (χ0n) is 45.9. The first-order valence-electron chi connectivity index (χ1n) is 25.5. The molecule has 1 aliphatic heterocycles.